The van der Waals surface area contributed by atoms with Crippen molar-refractivity contribution in [3.05, 3.63) is 83.6 Å². The summed E-state index contributed by atoms with van der Waals surface area (Å²) >= 11 is 0. The van der Waals surface area contributed by atoms with Crippen LogP contribution in [0.2, 0.25) is 0 Å². The number of ketones is 4. The van der Waals surface area contributed by atoms with Gasteiger partial charge in [-0.3, -0.25) is 57.5 Å². The molecule has 2 heterocycles. The zero-order valence-corrected chi connectivity index (χ0v) is 56.3. The molecule has 1 saturated carbocycles. The van der Waals surface area contributed by atoms with E-state index in [4.69, 9.17) is 5.73 Å². The van der Waals surface area contributed by atoms with Gasteiger partial charge in [-0.1, -0.05) is 108 Å². The van der Waals surface area contributed by atoms with Gasteiger partial charge < -0.3 is 52.8 Å². The molecule has 0 radical (unpaired) electrons. The molecular formula is C70H100N10O15. The topological polar surface area (TPSA) is 400 Å². The van der Waals surface area contributed by atoms with E-state index in [1.165, 1.54) is 52.0 Å². The Bertz CT molecular complexity index is 3250. The molecule has 3 aromatic rings. The van der Waals surface area contributed by atoms with Crippen LogP contribution in [0.5, 0.6) is 0 Å². The van der Waals surface area contributed by atoms with Crippen molar-refractivity contribution in [3.63, 3.8) is 0 Å². The van der Waals surface area contributed by atoms with Crippen molar-refractivity contribution in [2.75, 3.05) is 0 Å². The molecule has 1 aliphatic carbocycles. The van der Waals surface area contributed by atoms with Crippen LogP contribution in [0, 0.1) is 23.2 Å². The first-order valence-corrected chi connectivity index (χ1v) is 33.4. The number of carbonyl (C=O) groups is 13. The van der Waals surface area contributed by atoms with E-state index in [0.29, 0.717) is 56.1 Å². The molecule has 2 aromatic carbocycles. The van der Waals surface area contributed by atoms with Gasteiger partial charge in [-0.2, -0.15) is 0 Å². The minimum atomic E-state index is -1.67. The molecule has 25 nitrogen and oxygen atoms in total. The number of H-pyrrole nitrogens is 1. The number of allylic oxidation sites excluding steroid dienone is 2. The third-order valence-electron chi connectivity index (χ3n) is 18.6. The van der Waals surface area contributed by atoms with Crippen molar-refractivity contribution in [2.45, 2.75) is 238 Å². The number of benzene rings is 2. The SMILES string of the molecule is CCC(C)[C@H](NNC(C)C(=O)C(=O)C(C)NC(=O)[C@]1(C)CCC/C=C/CCCCCC[C@@](C)(CC(C)=O)C(=O)N[C@@H](CCC(=O)O)C(=O)N[C@@H](Cc2ccc(C(=O)O)cc2)C(=O)N[C@@H](Cc2c[nH]c3ccccc23)C(=O)CC[C@@H](CC2CCC2)C(=O)N1)C(=O)N[C@H](C)C(N)=O. The zero-order valence-electron chi connectivity index (χ0n) is 56.3. The van der Waals surface area contributed by atoms with Crippen molar-refractivity contribution >= 4 is 87.3 Å². The maximum absolute atomic E-state index is 15.1. The van der Waals surface area contributed by atoms with Gasteiger partial charge in [0, 0.05) is 55.1 Å². The summed E-state index contributed by atoms with van der Waals surface area (Å²) in [5.41, 5.74) is 9.65. The summed E-state index contributed by atoms with van der Waals surface area (Å²) in [4.78, 5) is 181. The summed E-state index contributed by atoms with van der Waals surface area (Å²) < 4.78 is 0. The predicted octanol–water partition coefficient (Wildman–Crippen LogP) is 5.60. The van der Waals surface area contributed by atoms with E-state index in [1.54, 1.807) is 27.0 Å². The number of nitrogens with one attached hydrogen (secondary N) is 9. The summed E-state index contributed by atoms with van der Waals surface area (Å²) in [6.45, 7) is 12.3. The van der Waals surface area contributed by atoms with E-state index in [1.807, 2.05) is 43.3 Å². The number of aromatic amines is 1. The van der Waals surface area contributed by atoms with Crippen molar-refractivity contribution in [3.8, 4) is 0 Å². The zero-order chi connectivity index (χ0) is 70.2. The number of carbonyl (C=O) groups excluding carboxylic acids is 11. The lowest BCUT2D eigenvalue weighted by atomic mass is 9.77. The van der Waals surface area contributed by atoms with Crippen LogP contribution in [-0.4, -0.2) is 139 Å². The number of amides is 7. The second-order valence-corrected chi connectivity index (χ2v) is 26.6. The number of carboxylic acid groups (broad SMARTS) is 2. The highest BCUT2D eigenvalue weighted by molar-refractivity contribution is 6.41. The molecular weight excluding hydrogens is 1220 g/mol. The van der Waals surface area contributed by atoms with Crippen molar-refractivity contribution in [2.24, 2.45) is 28.9 Å². The number of para-hydroxylation sites is 1. The molecule has 1 aromatic heterocycles. The van der Waals surface area contributed by atoms with Crippen molar-refractivity contribution < 1.29 is 72.5 Å². The van der Waals surface area contributed by atoms with Crippen LogP contribution in [0.1, 0.15) is 199 Å². The van der Waals surface area contributed by atoms with Gasteiger partial charge in [-0.05, 0) is 134 Å². The Morgan fingerprint density at radius 3 is 1.96 bits per heavy atom. The highest BCUT2D eigenvalue weighted by Crippen LogP contribution is 2.35. The van der Waals surface area contributed by atoms with Crippen LogP contribution < -0.4 is 48.5 Å². The first kappa shape index (κ1) is 77.3. The number of Topliss-reactive ketones (excluding diaryl/α,β-unsaturated/α-hetero) is 4. The normalized spacial score (nSPS) is 24.0. The number of hydrazine groups is 1. The standard InChI is InChI=1S/C70H100N10O15/c1-9-41(2)58(65(91)73-45(6)61(71)87)80-79-44(5)60(86)59(85)43(4)74-68(95)70(8)35-20-16-14-12-10-11-13-15-19-34-69(7,39-42(3)81)67(94)77-53(31-33-57(83)84)63(89)76-55(37-47-26-28-48(29-27-47)66(92)93)64(90)75-54(38-50-40-72-52-25-18-17-24-51(50)52)56(82)32-30-49(62(88)78-70)36-46-22-21-23-46/h12,14,17-18,24-29,40-41,43-46,49,53-55,58,72,79-80H,9-11,13,15-16,19-23,30-39H2,1-8H3,(H2,71,87)(H,73,91)(H,74,95)(H,75,90)(H,76,89)(H,77,94)(H,78,88)(H,83,84)(H,92,93)/b14-12+/t41?,43?,44?,45-,49+,53+,54+,55+,58+,69+,70+/m1/s1. The van der Waals surface area contributed by atoms with Gasteiger partial charge in [-0.15, -0.1) is 0 Å². The van der Waals surface area contributed by atoms with Crippen LogP contribution in [0.15, 0.2) is 66.9 Å². The minimum Gasteiger partial charge on any atom is -0.481 e. The van der Waals surface area contributed by atoms with Crippen LogP contribution >= 0.6 is 0 Å². The first-order valence-electron chi connectivity index (χ1n) is 33.4. The molecule has 1 fully saturated rings. The van der Waals surface area contributed by atoms with Gasteiger partial charge in [0.2, 0.25) is 52.9 Å². The molecule has 5 rings (SSSR count). The van der Waals surface area contributed by atoms with Crippen molar-refractivity contribution in [1.29, 1.82) is 0 Å². The van der Waals surface area contributed by atoms with E-state index in [9.17, 15) is 58.2 Å². The Morgan fingerprint density at radius 1 is 0.684 bits per heavy atom. The average Bonchev–Trinajstić information content (AvgIpc) is 1.82. The molecule has 11 atom stereocenters. The molecule has 95 heavy (non-hydrogen) atoms. The van der Waals surface area contributed by atoms with E-state index >= 15 is 14.4 Å². The van der Waals surface area contributed by atoms with E-state index in [-0.39, 0.29) is 68.1 Å². The quantitative estimate of drug-likeness (QED) is 0.0279. The second-order valence-electron chi connectivity index (χ2n) is 26.6. The highest BCUT2D eigenvalue weighted by atomic mass is 16.4. The van der Waals surface area contributed by atoms with Crippen molar-refractivity contribution in [1.82, 2.24) is 47.7 Å². The Balaban J connectivity index is 1.51. The lowest BCUT2D eigenvalue weighted by Crippen LogP contribution is -2.61. The van der Waals surface area contributed by atoms with Crippen LogP contribution in [0.4, 0.5) is 0 Å². The maximum Gasteiger partial charge on any atom is 0.335 e. The summed E-state index contributed by atoms with van der Waals surface area (Å²) in [7, 11) is 0. The third kappa shape index (κ3) is 23.8. The van der Waals surface area contributed by atoms with E-state index in [2.05, 4.69) is 47.7 Å². The van der Waals surface area contributed by atoms with Crippen LogP contribution in [0.3, 0.4) is 0 Å². The Hall–Kier alpha value is -8.45. The number of aromatic carboxylic acids is 1. The summed E-state index contributed by atoms with van der Waals surface area (Å²) in [6, 6.07) is 4.01. The van der Waals surface area contributed by atoms with Crippen LogP contribution in [0.25, 0.3) is 10.9 Å². The highest BCUT2D eigenvalue weighted by Gasteiger charge is 2.42. The Morgan fingerprint density at radius 2 is 1.33 bits per heavy atom. The summed E-state index contributed by atoms with van der Waals surface area (Å²) in [6.07, 6.45) is 12.0. The third-order valence-corrected chi connectivity index (χ3v) is 18.6. The van der Waals surface area contributed by atoms with Gasteiger partial charge in [0.1, 0.15) is 35.5 Å². The minimum absolute atomic E-state index is 0.0303. The van der Waals surface area contributed by atoms with Gasteiger partial charge in [0.25, 0.3) is 0 Å². The fourth-order valence-corrected chi connectivity index (χ4v) is 12.0. The number of nitrogens with two attached hydrogens (primary N) is 1. The summed E-state index contributed by atoms with van der Waals surface area (Å²) in [5, 5.41) is 36.8. The second kappa shape index (κ2) is 37.0. The van der Waals surface area contributed by atoms with E-state index < -0.39 is 143 Å². The molecule has 1 aliphatic heterocycles. The monoisotopic (exact) mass is 1320 g/mol. The van der Waals surface area contributed by atoms with Gasteiger partial charge in [0.15, 0.2) is 5.78 Å². The number of carboxylic acids is 2. The molecule has 520 valence electrons. The number of fused-ring (bicyclic) bond motifs is 1. The summed E-state index contributed by atoms with van der Waals surface area (Å²) in [5.74, 6) is -11.2. The average molecular weight is 1320 g/mol. The Kier molecular flexibility index (Phi) is 30.1. The molecule has 3 unspecified atom stereocenters. The lowest BCUT2D eigenvalue weighted by molar-refractivity contribution is -0.141. The number of hydrogen-bond donors (Lipinski definition) is 12. The lowest BCUT2D eigenvalue weighted by Gasteiger charge is -2.34. The molecule has 0 spiro atoms. The van der Waals surface area contributed by atoms with E-state index in [0.717, 1.165) is 43.0 Å². The largest absolute Gasteiger partial charge is 0.481 e. The fourth-order valence-electron chi connectivity index (χ4n) is 12.0. The number of aromatic nitrogens is 1. The Labute approximate surface area is 556 Å². The smallest absolute Gasteiger partial charge is 0.335 e. The van der Waals surface area contributed by atoms with Gasteiger partial charge in [0.05, 0.1) is 29.1 Å². The van der Waals surface area contributed by atoms with Crippen LogP contribution in [-0.2, 0) is 70.4 Å². The maximum atomic E-state index is 15.1. The number of primary amides is 1. The molecule has 2 aliphatic rings. The number of rotatable bonds is 25. The first-order chi connectivity index (χ1) is 44.9. The molecule has 7 amide bonds. The van der Waals surface area contributed by atoms with Gasteiger partial charge >= 0.3 is 11.9 Å². The molecule has 13 N–H and O–H groups in total. The number of aliphatic carboxylic acids is 1. The van der Waals surface area contributed by atoms with Gasteiger partial charge in [-0.25, -0.2) is 15.6 Å². The fraction of sp³-hybridized carbons (Fsp3) is 0.586. The predicted molar refractivity (Wildman–Crippen MR) is 355 cm³/mol. The molecule has 0 bridgehead atoms. The molecule has 25 heteroatoms. The number of hydrogen-bond acceptors (Lipinski definition) is 15. The molecule has 0 saturated heterocycles.